The molecule has 3 nitrogen and oxygen atoms in total. The van der Waals surface area contributed by atoms with Crippen LogP contribution in [0.25, 0.3) is 0 Å². The Hall–Kier alpha value is -1.37. The van der Waals surface area contributed by atoms with Gasteiger partial charge in [0.1, 0.15) is 0 Å². The molecule has 0 saturated carbocycles. The van der Waals surface area contributed by atoms with Crippen LogP contribution in [-0.4, -0.2) is 11.7 Å². The SMILES string of the molecule is CCOC(O)c1ccc(C#N)c(C)c1. The van der Waals surface area contributed by atoms with E-state index in [0.717, 1.165) is 5.56 Å². The fraction of sp³-hybridized carbons (Fsp3) is 0.364. The van der Waals surface area contributed by atoms with Crippen LogP contribution in [0.4, 0.5) is 0 Å². The fourth-order valence-electron chi connectivity index (χ4n) is 1.22. The minimum Gasteiger partial charge on any atom is -0.364 e. The van der Waals surface area contributed by atoms with Gasteiger partial charge < -0.3 is 9.84 Å². The van der Waals surface area contributed by atoms with Gasteiger partial charge >= 0.3 is 0 Å². The van der Waals surface area contributed by atoms with Gasteiger partial charge in [0, 0.05) is 12.2 Å². The highest BCUT2D eigenvalue weighted by Crippen LogP contribution is 2.17. The molecular weight excluding hydrogens is 178 g/mol. The Bertz CT molecular complexity index is 355. The summed E-state index contributed by atoms with van der Waals surface area (Å²) in [6.07, 6.45) is -0.897. The molecule has 0 saturated heterocycles. The van der Waals surface area contributed by atoms with Crippen LogP contribution in [0.2, 0.25) is 0 Å². The van der Waals surface area contributed by atoms with E-state index >= 15 is 0 Å². The van der Waals surface area contributed by atoms with Crippen molar-refractivity contribution < 1.29 is 9.84 Å². The number of aryl methyl sites for hydroxylation is 1. The van der Waals surface area contributed by atoms with Crippen molar-refractivity contribution >= 4 is 0 Å². The quantitative estimate of drug-likeness (QED) is 0.742. The summed E-state index contributed by atoms with van der Waals surface area (Å²) in [6, 6.07) is 7.22. The standard InChI is InChI=1S/C11H13NO2/c1-3-14-11(13)9-4-5-10(7-12)8(2)6-9/h4-6,11,13H,3H2,1-2H3. The van der Waals surface area contributed by atoms with Gasteiger partial charge in [0.05, 0.1) is 11.6 Å². The molecule has 3 heteroatoms. The second kappa shape index (κ2) is 4.75. The molecule has 0 heterocycles. The smallest absolute Gasteiger partial charge is 0.181 e. The van der Waals surface area contributed by atoms with Crippen molar-refractivity contribution in [1.29, 1.82) is 5.26 Å². The van der Waals surface area contributed by atoms with Gasteiger partial charge in [-0.3, -0.25) is 0 Å². The third-order valence-electron chi connectivity index (χ3n) is 1.98. The Morgan fingerprint density at radius 3 is 2.79 bits per heavy atom. The summed E-state index contributed by atoms with van der Waals surface area (Å²) in [7, 11) is 0. The van der Waals surface area contributed by atoms with E-state index in [4.69, 9.17) is 10.00 Å². The minimum absolute atomic E-state index is 0.459. The van der Waals surface area contributed by atoms with Gasteiger partial charge in [-0.2, -0.15) is 5.26 Å². The van der Waals surface area contributed by atoms with E-state index in [0.29, 0.717) is 17.7 Å². The van der Waals surface area contributed by atoms with E-state index in [1.807, 2.05) is 13.8 Å². The first-order valence-corrected chi connectivity index (χ1v) is 4.49. The van der Waals surface area contributed by atoms with Gasteiger partial charge in [-0.15, -0.1) is 0 Å². The Kier molecular flexibility index (Phi) is 3.63. The largest absolute Gasteiger partial charge is 0.364 e. The number of nitrogens with zero attached hydrogens (tertiary/aromatic N) is 1. The Balaban J connectivity index is 2.92. The first-order valence-electron chi connectivity index (χ1n) is 4.49. The highest BCUT2D eigenvalue weighted by Gasteiger charge is 2.07. The maximum Gasteiger partial charge on any atom is 0.181 e. The molecule has 0 aliphatic carbocycles. The molecule has 0 aromatic heterocycles. The summed E-state index contributed by atoms with van der Waals surface area (Å²) < 4.78 is 5.03. The summed E-state index contributed by atoms with van der Waals surface area (Å²) in [4.78, 5) is 0. The molecule has 0 bridgehead atoms. The third kappa shape index (κ3) is 2.32. The molecule has 0 fully saturated rings. The highest BCUT2D eigenvalue weighted by molar-refractivity contribution is 5.39. The molecule has 1 N–H and O–H groups in total. The van der Waals surface area contributed by atoms with Crippen molar-refractivity contribution in [3.63, 3.8) is 0 Å². The Morgan fingerprint density at radius 1 is 1.57 bits per heavy atom. The van der Waals surface area contributed by atoms with Gasteiger partial charge in [-0.25, -0.2) is 0 Å². The molecule has 1 atom stereocenters. The summed E-state index contributed by atoms with van der Waals surface area (Å²) in [5.41, 5.74) is 2.16. The molecule has 0 aliphatic rings. The molecular formula is C11H13NO2. The first kappa shape index (κ1) is 10.7. The maximum atomic E-state index is 9.50. The zero-order chi connectivity index (χ0) is 10.6. The lowest BCUT2D eigenvalue weighted by Crippen LogP contribution is -2.03. The topological polar surface area (TPSA) is 53.2 Å². The number of hydrogen-bond acceptors (Lipinski definition) is 3. The number of rotatable bonds is 3. The van der Waals surface area contributed by atoms with Gasteiger partial charge in [0.25, 0.3) is 0 Å². The number of hydrogen-bond donors (Lipinski definition) is 1. The average Bonchev–Trinajstić information content (AvgIpc) is 2.18. The van der Waals surface area contributed by atoms with E-state index in [2.05, 4.69) is 6.07 Å². The van der Waals surface area contributed by atoms with Gasteiger partial charge in [-0.05, 0) is 31.5 Å². The Labute approximate surface area is 83.6 Å². The molecule has 0 aliphatic heterocycles. The van der Waals surface area contributed by atoms with Crippen molar-refractivity contribution in [2.45, 2.75) is 20.1 Å². The van der Waals surface area contributed by atoms with Crippen molar-refractivity contribution in [3.05, 3.63) is 34.9 Å². The highest BCUT2D eigenvalue weighted by atomic mass is 16.6. The van der Waals surface area contributed by atoms with E-state index < -0.39 is 6.29 Å². The van der Waals surface area contributed by atoms with Crippen LogP contribution in [0, 0.1) is 18.3 Å². The van der Waals surface area contributed by atoms with Crippen LogP contribution in [0.1, 0.15) is 29.9 Å². The first-order chi connectivity index (χ1) is 6.69. The molecule has 14 heavy (non-hydrogen) atoms. The van der Waals surface area contributed by atoms with E-state index in [9.17, 15) is 5.11 Å². The second-order valence-corrected chi connectivity index (χ2v) is 2.99. The summed E-state index contributed by atoms with van der Waals surface area (Å²) in [5.74, 6) is 0. The van der Waals surface area contributed by atoms with E-state index in [-0.39, 0.29) is 0 Å². The van der Waals surface area contributed by atoms with Crippen LogP contribution in [0.5, 0.6) is 0 Å². The molecule has 0 radical (unpaired) electrons. The summed E-state index contributed by atoms with van der Waals surface area (Å²) in [6.45, 7) is 4.11. The molecule has 1 rings (SSSR count). The lowest BCUT2D eigenvalue weighted by molar-refractivity contribution is -0.0980. The van der Waals surface area contributed by atoms with Gasteiger partial charge in [0.15, 0.2) is 6.29 Å². The number of nitriles is 1. The number of ether oxygens (including phenoxy) is 1. The Morgan fingerprint density at radius 2 is 2.29 bits per heavy atom. The third-order valence-corrected chi connectivity index (χ3v) is 1.98. The van der Waals surface area contributed by atoms with Crippen molar-refractivity contribution in [1.82, 2.24) is 0 Å². The average molecular weight is 191 g/mol. The maximum absolute atomic E-state index is 9.50. The number of aliphatic hydroxyl groups is 1. The van der Waals surface area contributed by atoms with Crippen molar-refractivity contribution in [3.8, 4) is 6.07 Å². The molecule has 1 aromatic rings. The van der Waals surface area contributed by atoms with Gasteiger partial charge in [-0.1, -0.05) is 6.07 Å². The fourth-order valence-corrected chi connectivity index (χ4v) is 1.22. The predicted molar refractivity (Wildman–Crippen MR) is 52.5 cm³/mol. The predicted octanol–water partition coefficient (Wildman–Crippen LogP) is 1.89. The van der Waals surface area contributed by atoms with Crippen LogP contribution >= 0.6 is 0 Å². The second-order valence-electron chi connectivity index (χ2n) is 2.99. The monoisotopic (exact) mass is 191 g/mol. The van der Waals surface area contributed by atoms with E-state index in [1.54, 1.807) is 18.2 Å². The van der Waals surface area contributed by atoms with Crippen LogP contribution in [0.15, 0.2) is 18.2 Å². The van der Waals surface area contributed by atoms with Crippen molar-refractivity contribution in [2.24, 2.45) is 0 Å². The zero-order valence-electron chi connectivity index (χ0n) is 8.32. The normalized spacial score (nSPS) is 12.1. The lowest BCUT2D eigenvalue weighted by atomic mass is 10.1. The van der Waals surface area contributed by atoms with Crippen LogP contribution in [-0.2, 0) is 4.74 Å². The minimum atomic E-state index is -0.897. The molecule has 74 valence electrons. The number of aliphatic hydroxyl groups excluding tert-OH is 1. The van der Waals surface area contributed by atoms with Crippen molar-refractivity contribution in [2.75, 3.05) is 6.61 Å². The molecule has 0 amide bonds. The van der Waals surface area contributed by atoms with Crippen LogP contribution < -0.4 is 0 Å². The zero-order valence-corrected chi connectivity index (χ0v) is 8.32. The summed E-state index contributed by atoms with van der Waals surface area (Å²) in [5, 5.41) is 18.2. The van der Waals surface area contributed by atoms with Gasteiger partial charge in [0.2, 0.25) is 0 Å². The van der Waals surface area contributed by atoms with E-state index in [1.165, 1.54) is 0 Å². The molecule has 0 spiro atoms. The summed E-state index contributed by atoms with van der Waals surface area (Å²) >= 11 is 0. The van der Waals surface area contributed by atoms with Crippen LogP contribution in [0.3, 0.4) is 0 Å². The lowest BCUT2D eigenvalue weighted by Gasteiger charge is -2.11. The molecule has 1 aromatic carbocycles. The number of benzene rings is 1. The molecule has 1 unspecified atom stereocenters.